The Morgan fingerprint density at radius 1 is 1.21 bits per heavy atom. The molecule has 0 aliphatic carbocycles. The normalized spacial score (nSPS) is 12.1. The van der Waals surface area contributed by atoms with E-state index in [2.05, 4.69) is 15.2 Å². The van der Waals surface area contributed by atoms with E-state index in [0.29, 0.717) is 15.8 Å². The maximum atomic E-state index is 13.5. The van der Waals surface area contributed by atoms with Crippen molar-refractivity contribution in [1.29, 1.82) is 5.41 Å². The maximum absolute atomic E-state index is 13.5. The van der Waals surface area contributed by atoms with Crippen LogP contribution >= 0.6 is 0 Å². The number of nitrogens with two attached hydrogens (primary N) is 1. The molecule has 0 amide bonds. The number of fused-ring (bicyclic) bond motifs is 1. The molecule has 7 nitrogen and oxygen atoms in total. The molecule has 0 atom stereocenters. The number of hydrogen-bond acceptors (Lipinski definition) is 5. The van der Waals surface area contributed by atoms with Crippen molar-refractivity contribution in [1.82, 2.24) is 9.71 Å². The maximum Gasteiger partial charge on any atom is 0.191 e. The number of benzene rings is 2. The summed E-state index contributed by atoms with van der Waals surface area (Å²) in [5, 5.41) is 25.4. The quantitative estimate of drug-likeness (QED) is 0.294. The van der Waals surface area contributed by atoms with Crippen LogP contribution in [0.5, 0.6) is 0 Å². The highest BCUT2D eigenvalue weighted by molar-refractivity contribution is 5.97. The van der Waals surface area contributed by atoms with Gasteiger partial charge in [0.2, 0.25) is 0 Å². The second-order valence-corrected chi connectivity index (χ2v) is 4.86. The van der Waals surface area contributed by atoms with E-state index in [1.54, 1.807) is 36.4 Å². The number of halogens is 1. The fraction of sp³-hybridized carbons (Fsp3) is 0. The Morgan fingerprint density at radius 3 is 2.71 bits per heavy atom. The summed E-state index contributed by atoms with van der Waals surface area (Å²) in [5.74, 6) is -0.602. The minimum Gasteiger partial charge on any atom is -0.426 e. The molecule has 4 N–H and O–H groups in total. The summed E-state index contributed by atoms with van der Waals surface area (Å²) in [6.45, 7) is 0. The molecule has 0 saturated carbocycles. The van der Waals surface area contributed by atoms with Crippen molar-refractivity contribution < 1.29 is 9.60 Å². The lowest BCUT2D eigenvalue weighted by Crippen LogP contribution is -2.31. The molecule has 0 spiro atoms. The molecule has 1 aromatic heterocycles. The molecule has 0 radical (unpaired) electrons. The molecule has 1 heterocycles. The Kier molecular flexibility index (Phi) is 4.02. The first-order valence-corrected chi connectivity index (χ1v) is 6.95. The Balaban J connectivity index is 1.99. The van der Waals surface area contributed by atoms with Gasteiger partial charge in [-0.2, -0.15) is 9.83 Å². The Morgan fingerprint density at radius 2 is 1.92 bits per heavy atom. The molecule has 0 bridgehead atoms. The number of amidine groups is 1. The van der Waals surface area contributed by atoms with E-state index in [0.717, 1.165) is 0 Å². The zero-order valence-corrected chi connectivity index (χ0v) is 12.4. The van der Waals surface area contributed by atoms with Gasteiger partial charge < -0.3 is 10.9 Å². The third-order valence-electron chi connectivity index (χ3n) is 3.29. The molecule has 8 heteroatoms. The van der Waals surface area contributed by atoms with Crippen molar-refractivity contribution in [3.8, 4) is 0 Å². The van der Waals surface area contributed by atoms with Crippen LogP contribution in [0.4, 0.5) is 4.39 Å². The number of nitrogens with zero attached hydrogens (tertiary/aromatic N) is 4. The molecule has 0 unspecified atom stereocenters. The summed E-state index contributed by atoms with van der Waals surface area (Å²) in [4.78, 5) is 4.21. The molecule has 2 aromatic carbocycles. The van der Waals surface area contributed by atoms with E-state index in [1.807, 2.05) is 0 Å². The fourth-order valence-electron chi connectivity index (χ4n) is 2.09. The summed E-state index contributed by atoms with van der Waals surface area (Å²) in [6.07, 6.45) is 1.21. The first kappa shape index (κ1) is 15.3. The second kappa shape index (κ2) is 6.29. The molecule has 0 fully saturated rings. The van der Waals surface area contributed by atoms with Gasteiger partial charge in [0.15, 0.2) is 17.0 Å². The van der Waals surface area contributed by atoms with Crippen LogP contribution < -0.4 is 11.2 Å². The van der Waals surface area contributed by atoms with Crippen LogP contribution in [0.25, 0.3) is 11.0 Å². The fourth-order valence-corrected chi connectivity index (χ4v) is 2.09. The molecule has 0 aliphatic rings. The number of aromatic nitrogens is 2. The summed E-state index contributed by atoms with van der Waals surface area (Å²) in [5.41, 5.74) is 6.51. The molecule has 0 aliphatic heterocycles. The average Bonchev–Trinajstić information content (AvgIpc) is 2.59. The minimum absolute atomic E-state index is 0.0260. The minimum atomic E-state index is -0.437. The van der Waals surface area contributed by atoms with Crippen molar-refractivity contribution in [2.45, 2.75) is 0 Å². The van der Waals surface area contributed by atoms with E-state index in [9.17, 15) is 9.60 Å². The first-order valence-electron chi connectivity index (χ1n) is 6.95. The van der Waals surface area contributed by atoms with E-state index in [-0.39, 0.29) is 22.6 Å². The highest BCUT2D eigenvalue weighted by Crippen LogP contribution is 2.08. The smallest absolute Gasteiger partial charge is 0.191 e. The van der Waals surface area contributed by atoms with Crippen molar-refractivity contribution in [3.63, 3.8) is 0 Å². The molecule has 120 valence electrons. The summed E-state index contributed by atoms with van der Waals surface area (Å²) < 4.78 is 14.1. The van der Waals surface area contributed by atoms with Gasteiger partial charge in [0.25, 0.3) is 0 Å². The predicted molar refractivity (Wildman–Crippen MR) is 87.5 cm³/mol. The molecule has 3 rings (SSSR count). The number of rotatable bonds is 3. The summed E-state index contributed by atoms with van der Waals surface area (Å²) in [6, 6.07) is 12.8. The van der Waals surface area contributed by atoms with Crippen LogP contribution in [0, 0.1) is 11.2 Å². The monoisotopic (exact) mass is 324 g/mol. The standard InChI is InChI=1S/C16H13FN6O/c17-11-6-2-1-5-10(11)9-20-22-15(18)14-16(19)23(24)13-8-4-3-7-12(13)21-14/h1-9,19,24H,(H2,18,22). The third-order valence-corrected chi connectivity index (χ3v) is 3.29. The Hall–Kier alpha value is -3.55. The molecule has 0 saturated heterocycles. The Labute approximate surface area is 135 Å². The van der Waals surface area contributed by atoms with Gasteiger partial charge in [0.05, 0.1) is 11.7 Å². The van der Waals surface area contributed by atoms with E-state index < -0.39 is 5.82 Å². The zero-order chi connectivity index (χ0) is 17.1. The summed E-state index contributed by atoms with van der Waals surface area (Å²) >= 11 is 0. The topological polar surface area (TPSA) is 113 Å². The molecule has 3 aromatic rings. The van der Waals surface area contributed by atoms with Gasteiger partial charge in [-0.25, -0.2) is 9.37 Å². The van der Waals surface area contributed by atoms with Crippen molar-refractivity contribution in [2.24, 2.45) is 15.9 Å². The van der Waals surface area contributed by atoms with Gasteiger partial charge in [0.1, 0.15) is 11.3 Å². The van der Waals surface area contributed by atoms with Crippen molar-refractivity contribution in [3.05, 3.63) is 71.1 Å². The average molecular weight is 324 g/mol. The molecular weight excluding hydrogens is 311 g/mol. The van der Waals surface area contributed by atoms with Crippen LogP contribution in [-0.4, -0.2) is 27.0 Å². The lowest BCUT2D eigenvalue weighted by molar-refractivity contribution is 0.183. The molecular formula is C16H13FN6O. The predicted octanol–water partition coefficient (Wildman–Crippen LogP) is 1.63. The lowest BCUT2D eigenvalue weighted by atomic mass is 10.2. The van der Waals surface area contributed by atoms with Crippen LogP contribution in [0.15, 0.2) is 58.7 Å². The zero-order valence-electron chi connectivity index (χ0n) is 12.4. The largest absolute Gasteiger partial charge is 0.426 e. The SMILES string of the molecule is N=c1c(C(N)=NN=Cc2ccccc2F)nc2ccccc2n1O. The van der Waals surface area contributed by atoms with Crippen LogP contribution in [0.1, 0.15) is 11.3 Å². The molecule has 24 heavy (non-hydrogen) atoms. The summed E-state index contributed by atoms with van der Waals surface area (Å²) in [7, 11) is 0. The van der Waals surface area contributed by atoms with Gasteiger partial charge in [0, 0.05) is 5.56 Å². The van der Waals surface area contributed by atoms with E-state index in [1.165, 1.54) is 18.3 Å². The van der Waals surface area contributed by atoms with Crippen LogP contribution in [0.3, 0.4) is 0 Å². The van der Waals surface area contributed by atoms with E-state index >= 15 is 0 Å². The number of nitrogens with one attached hydrogen (secondary N) is 1. The first-order chi connectivity index (χ1) is 11.6. The second-order valence-electron chi connectivity index (χ2n) is 4.86. The van der Waals surface area contributed by atoms with Crippen molar-refractivity contribution >= 4 is 23.1 Å². The third kappa shape index (κ3) is 2.84. The number of hydrogen-bond donors (Lipinski definition) is 3. The van der Waals surface area contributed by atoms with Gasteiger partial charge in [-0.1, -0.05) is 30.3 Å². The van der Waals surface area contributed by atoms with Crippen LogP contribution in [-0.2, 0) is 0 Å². The van der Waals surface area contributed by atoms with Gasteiger partial charge >= 0.3 is 0 Å². The lowest BCUT2D eigenvalue weighted by Gasteiger charge is -2.06. The van der Waals surface area contributed by atoms with Gasteiger partial charge in [-0.05, 0) is 18.2 Å². The highest BCUT2D eigenvalue weighted by Gasteiger charge is 2.10. The van der Waals surface area contributed by atoms with Crippen molar-refractivity contribution in [2.75, 3.05) is 0 Å². The van der Waals surface area contributed by atoms with Crippen LogP contribution in [0.2, 0.25) is 0 Å². The van der Waals surface area contributed by atoms with E-state index in [4.69, 9.17) is 11.1 Å². The Bertz CT molecular complexity index is 1020. The highest BCUT2D eigenvalue weighted by atomic mass is 19.1. The van der Waals surface area contributed by atoms with Gasteiger partial charge in [-0.3, -0.25) is 5.41 Å². The van der Waals surface area contributed by atoms with Gasteiger partial charge in [-0.15, -0.1) is 5.10 Å². The number of para-hydroxylation sites is 2.